The average Bonchev–Trinajstić information content (AvgIpc) is 2.96. The summed E-state index contributed by atoms with van der Waals surface area (Å²) in [7, 11) is 1.75. The second-order valence-corrected chi connectivity index (χ2v) is 10.9. The predicted molar refractivity (Wildman–Crippen MR) is 167 cm³/mol. The largest absolute Gasteiger partial charge is 0.497 e. The molecule has 1 nitrogen and oxygen atoms in total. The van der Waals surface area contributed by atoms with E-state index >= 15 is 0 Å². The summed E-state index contributed by atoms with van der Waals surface area (Å²) in [6, 6.07) is 22.5. The zero-order valence-electron chi connectivity index (χ0n) is 24.8. The summed E-state index contributed by atoms with van der Waals surface area (Å²) in [5.41, 5.74) is 10.4. The third kappa shape index (κ3) is 8.75. The van der Waals surface area contributed by atoms with Gasteiger partial charge in [-0.15, -0.1) is 0 Å². The fourth-order valence-electron chi connectivity index (χ4n) is 5.76. The van der Waals surface area contributed by atoms with Crippen LogP contribution in [0.15, 0.2) is 60.7 Å². The molecule has 0 aliphatic rings. The maximum Gasteiger partial charge on any atom is 0.118 e. The molecule has 1 heteroatoms. The highest BCUT2D eigenvalue weighted by Gasteiger charge is 2.20. The van der Waals surface area contributed by atoms with Gasteiger partial charge in [-0.2, -0.15) is 0 Å². The first-order valence-electron chi connectivity index (χ1n) is 15.6. The van der Waals surface area contributed by atoms with Crippen LogP contribution in [0.4, 0.5) is 0 Å². The highest BCUT2D eigenvalue weighted by molar-refractivity contribution is 5.87. The summed E-state index contributed by atoms with van der Waals surface area (Å²) in [5, 5.41) is 0. The Morgan fingerprint density at radius 2 is 1.11 bits per heavy atom. The van der Waals surface area contributed by atoms with Crippen molar-refractivity contribution in [1.29, 1.82) is 0 Å². The van der Waals surface area contributed by atoms with E-state index in [9.17, 15) is 0 Å². The molecule has 0 aromatic heterocycles. The molecule has 0 aliphatic carbocycles. The monoisotopic (exact) mass is 512 g/mol. The van der Waals surface area contributed by atoms with Crippen LogP contribution in [0.5, 0.6) is 5.75 Å². The quantitative estimate of drug-likeness (QED) is 0.154. The molecule has 0 bridgehead atoms. The van der Waals surface area contributed by atoms with Crippen LogP contribution >= 0.6 is 0 Å². The van der Waals surface area contributed by atoms with E-state index in [0.717, 1.165) is 5.75 Å². The van der Waals surface area contributed by atoms with Gasteiger partial charge in [0.15, 0.2) is 0 Å². The van der Waals surface area contributed by atoms with Gasteiger partial charge in [-0.25, -0.2) is 0 Å². The van der Waals surface area contributed by atoms with Gasteiger partial charge >= 0.3 is 0 Å². The molecule has 0 atom stereocenters. The minimum Gasteiger partial charge on any atom is -0.497 e. The summed E-state index contributed by atoms with van der Waals surface area (Å²) in [6.07, 6.45) is 19.4. The van der Waals surface area contributed by atoms with Crippen LogP contribution in [0.1, 0.15) is 115 Å². The Labute approximate surface area is 234 Å². The fourth-order valence-corrected chi connectivity index (χ4v) is 5.76. The zero-order valence-corrected chi connectivity index (χ0v) is 24.8. The van der Waals surface area contributed by atoms with Gasteiger partial charge in [0.25, 0.3) is 0 Å². The van der Waals surface area contributed by atoms with E-state index in [1.807, 2.05) is 0 Å². The fraction of sp³-hybridized carbons (Fsp3) is 0.514. The van der Waals surface area contributed by atoms with E-state index in [1.165, 1.54) is 119 Å². The van der Waals surface area contributed by atoms with Crippen molar-refractivity contribution >= 4 is 0 Å². The Kier molecular flexibility index (Phi) is 13.5. The number of hydrogen-bond acceptors (Lipinski definition) is 1. The second-order valence-electron chi connectivity index (χ2n) is 10.9. The van der Waals surface area contributed by atoms with Crippen LogP contribution in [0.25, 0.3) is 22.3 Å². The van der Waals surface area contributed by atoms with Gasteiger partial charge < -0.3 is 4.74 Å². The molecule has 0 N–H and O–H groups in total. The maximum atomic E-state index is 5.50. The molecule has 0 spiro atoms. The van der Waals surface area contributed by atoms with Crippen LogP contribution in [-0.4, -0.2) is 7.11 Å². The van der Waals surface area contributed by atoms with Crippen molar-refractivity contribution in [3.05, 3.63) is 77.4 Å². The first kappa shape index (κ1) is 30.0. The van der Waals surface area contributed by atoms with E-state index in [2.05, 4.69) is 81.4 Å². The molecular weight excluding hydrogens is 460 g/mol. The molecule has 38 heavy (non-hydrogen) atoms. The first-order valence-corrected chi connectivity index (χ1v) is 15.6. The molecular formula is C37H52O. The van der Waals surface area contributed by atoms with E-state index in [0.29, 0.717) is 0 Å². The molecule has 0 saturated heterocycles. The van der Waals surface area contributed by atoms with Gasteiger partial charge in [-0.1, -0.05) is 127 Å². The van der Waals surface area contributed by atoms with Crippen molar-refractivity contribution in [3.63, 3.8) is 0 Å². The maximum absolute atomic E-state index is 5.50. The Balaban J connectivity index is 2.15. The normalized spacial score (nSPS) is 11.2. The predicted octanol–water partition coefficient (Wildman–Crippen LogP) is 11.4. The number of aryl methyl sites for hydroxylation is 1. The molecule has 3 aromatic carbocycles. The van der Waals surface area contributed by atoms with Crippen LogP contribution in [0.3, 0.4) is 0 Å². The highest BCUT2D eigenvalue weighted by atomic mass is 16.5. The summed E-state index contributed by atoms with van der Waals surface area (Å²) in [5.74, 6) is 0.918. The Bertz CT molecular complexity index is 1050. The van der Waals surface area contributed by atoms with Crippen molar-refractivity contribution in [3.8, 4) is 28.0 Å². The Hall–Kier alpha value is -2.54. The summed E-state index contributed by atoms with van der Waals surface area (Å²) < 4.78 is 5.50. The SMILES string of the molecule is CCCCCCCCc1c(CCCCCC)c(CCCC)cc(-c2ccc(OC)cc2)c1-c1ccccc1. The molecule has 0 fully saturated rings. The number of hydrogen-bond donors (Lipinski definition) is 0. The standard InChI is InChI=1S/C37H52O/c1-5-8-11-13-14-19-24-35-34(23-18-12-9-6-2)32(20-10-7-3)29-36(30-25-27-33(38-4)28-26-30)37(35)31-21-16-15-17-22-31/h15-17,21-22,25-29H,5-14,18-20,23-24H2,1-4H3. The summed E-state index contributed by atoms with van der Waals surface area (Å²) in [6.45, 7) is 6.94. The number of benzene rings is 3. The van der Waals surface area contributed by atoms with Crippen molar-refractivity contribution in [2.24, 2.45) is 0 Å². The third-order valence-electron chi connectivity index (χ3n) is 7.97. The Morgan fingerprint density at radius 3 is 1.74 bits per heavy atom. The van der Waals surface area contributed by atoms with Crippen molar-refractivity contribution in [1.82, 2.24) is 0 Å². The minimum atomic E-state index is 0.918. The molecule has 0 aliphatic heterocycles. The third-order valence-corrected chi connectivity index (χ3v) is 7.97. The van der Waals surface area contributed by atoms with Gasteiger partial charge in [-0.3, -0.25) is 0 Å². The summed E-state index contributed by atoms with van der Waals surface area (Å²) in [4.78, 5) is 0. The molecule has 206 valence electrons. The molecule has 0 heterocycles. The van der Waals surface area contributed by atoms with Gasteiger partial charge in [0.1, 0.15) is 5.75 Å². The van der Waals surface area contributed by atoms with E-state index in [1.54, 1.807) is 23.8 Å². The van der Waals surface area contributed by atoms with Gasteiger partial charge in [-0.05, 0) is 89.6 Å². The molecule has 0 unspecified atom stereocenters. The lowest BCUT2D eigenvalue weighted by molar-refractivity contribution is 0.415. The van der Waals surface area contributed by atoms with Gasteiger partial charge in [0, 0.05) is 0 Å². The van der Waals surface area contributed by atoms with Crippen molar-refractivity contribution < 1.29 is 4.74 Å². The van der Waals surface area contributed by atoms with Gasteiger partial charge in [0.05, 0.1) is 7.11 Å². The number of unbranched alkanes of at least 4 members (excludes halogenated alkanes) is 9. The van der Waals surface area contributed by atoms with E-state index in [-0.39, 0.29) is 0 Å². The molecule has 0 radical (unpaired) electrons. The second kappa shape index (κ2) is 17.1. The molecule has 3 aromatic rings. The average molecular weight is 513 g/mol. The molecule has 0 amide bonds. The number of methoxy groups -OCH3 is 1. The molecule has 0 saturated carbocycles. The lowest BCUT2D eigenvalue weighted by Crippen LogP contribution is -2.06. The van der Waals surface area contributed by atoms with Crippen LogP contribution < -0.4 is 4.74 Å². The number of rotatable bonds is 18. The summed E-state index contributed by atoms with van der Waals surface area (Å²) >= 11 is 0. The molecule has 3 rings (SSSR count). The van der Waals surface area contributed by atoms with Crippen LogP contribution in [0, 0.1) is 0 Å². The van der Waals surface area contributed by atoms with E-state index in [4.69, 9.17) is 4.74 Å². The lowest BCUT2D eigenvalue weighted by Gasteiger charge is -2.24. The highest BCUT2D eigenvalue weighted by Crippen LogP contribution is 2.41. The smallest absolute Gasteiger partial charge is 0.118 e. The number of ether oxygens (including phenoxy) is 1. The van der Waals surface area contributed by atoms with Crippen molar-refractivity contribution in [2.75, 3.05) is 7.11 Å². The van der Waals surface area contributed by atoms with Crippen LogP contribution in [0.2, 0.25) is 0 Å². The zero-order chi connectivity index (χ0) is 27.0. The van der Waals surface area contributed by atoms with Gasteiger partial charge in [0.2, 0.25) is 0 Å². The first-order chi connectivity index (χ1) is 18.7. The topological polar surface area (TPSA) is 9.23 Å². The minimum absolute atomic E-state index is 0.918. The van der Waals surface area contributed by atoms with E-state index < -0.39 is 0 Å². The Morgan fingerprint density at radius 1 is 0.526 bits per heavy atom. The van der Waals surface area contributed by atoms with Crippen LogP contribution in [-0.2, 0) is 19.3 Å². The van der Waals surface area contributed by atoms with Crippen molar-refractivity contribution in [2.45, 2.75) is 117 Å². The lowest BCUT2D eigenvalue weighted by atomic mass is 9.80.